The second-order valence-electron chi connectivity index (χ2n) is 6.90. The normalized spacial score (nSPS) is 21.2. The van der Waals surface area contributed by atoms with Crippen molar-refractivity contribution >= 4 is 23.2 Å². The third-order valence-electron chi connectivity index (χ3n) is 5.08. The van der Waals surface area contributed by atoms with Crippen LogP contribution in [0.3, 0.4) is 0 Å². The van der Waals surface area contributed by atoms with Crippen LogP contribution in [-0.4, -0.2) is 20.1 Å². The molecular formula is C20H22ClNO2. The van der Waals surface area contributed by atoms with Crippen LogP contribution in [0.4, 0.5) is 5.69 Å². The van der Waals surface area contributed by atoms with Gasteiger partial charge in [-0.15, -0.1) is 0 Å². The van der Waals surface area contributed by atoms with Crippen molar-refractivity contribution in [2.45, 2.75) is 19.8 Å². The van der Waals surface area contributed by atoms with E-state index in [1.807, 2.05) is 18.2 Å². The molecule has 4 heteroatoms. The fourth-order valence-corrected chi connectivity index (χ4v) is 3.80. The molecule has 24 heavy (non-hydrogen) atoms. The number of methoxy groups -OCH3 is 1. The van der Waals surface area contributed by atoms with Crippen LogP contribution in [0, 0.1) is 11.3 Å². The molecule has 3 rings (SSSR count). The van der Waals surface area contributed by atoms with Crippen molar-refractivity contribution in [1.29, 1.82) is 0 Å². The van der Waals surface area contributed by atoms with Crippen LogP contribution in [0.5, 0.6) is 5.75 Å². The van der Waals surface area contributed by atoms with Crippen LogP contribution in [0.25, 0.3) is 0 Å². The van der Waals surface area contributed by atoms with Gasteiger partial charge in [0, 0.05) is 18.0 Å². The van der Waals surface area contributed by atoms with Gasteiger partial charge in [0.15, 0.2) is 0 Å². The Labute approximate surface area is 148 Å². The standard InChI is InChI=1S/C20H22ClNO2/c1-20(2)17(13-8-6-5-7-9-13)18(20)19(23)22(3)15-12-14(21)10-11-16(15)24-4/h5-12,17-18H,1-4H3/t17-,18+/m1/s1. The van der Waals surface area contributed by atoms with Gasteiger partial charge in [-0.25, -0.2) is 0 Å². The Hall–Kier alpha value is -2.00. The van der Waals surface area contributed by atoms with E-state index in [1.54, 1.807) is 37.3 Å². The maximum atomic E-state index is 13.1. The van der Waals surface area contributed by atoms with E-state index >= 15 is 0 Å². The van der Waals surface area contributed by atoms with Crippen molar-refractivity contribution in [3.63, 3.8) is 0 Å². The highest BCUT2D eigenvalue weighted by molar-refractivity contribution is 6.31. The van der Waals surface area contributed by atoms with Crippen molar-refractivity contribution in [2.75, 3.05) is 19.1 Å². The Kier molecular flexibility index (Phi) is 4.31. The third-order valence-corrected chi connectivity index (χ3v) is 5.32. The SMILES string of the molecule is COc1ccc(Cl)cc1N(C)C(=O)[C@@H]1[C@@H](c2ccccc2)C1(C)C. The zero-order chi connectivity index (χ0) is 17.5. The predicted molar refractivity (Wildman–Crippen MR) is 97.9 cm³/mol. The Balaban J connectivity index is 1.88. The predicted octanol–water partition coefficient (Wildman–Crippen LogP) is 4.75. The molecule has 2 aromatic carbocycles. The number of rotatable bonds is 4. The lowest BCUT2D eigenvalue weighted by molar-refractivity contribution is -0.120. The Morgan fingerprint density at radius 1 is 1.17 bits per heavy atom. The summed E-state index contributed by atoms with van der Waals surface area (Å²) in [6.45, 7) is 4.30. The van der Waals surface area contributed by atoms with E-state index in [1.165, 1.54) is 5.56 Å². The third kappa shape index (κ3) is 2.78. The van der Waals surface area contributed by atoms with Gasteiger partial charge < -0.3 is 9.64 Å². The summed E-state index contributed by atoms with van der Waals surface area (Å²) in [4.78, 5) is 14.8. The topological polar surface area (TPSA) is 29.5 Å². The highest BCUT2D eigenvalue weighted by Crippen LogP contribution is 2.65. The van der Waals surface area contributed by atoms with Crippen molar-refractivity contribution in [3.05, 3.63) is 59.1 Å². The average molecular weight is 344 g/mol. The molecule has 1 aliphatic carbocycles. The van der Waals surface area contributed by atoms with Crippen LogP contribution in [0.15, 0.2) is 48.5 Å². The number of carbonyl (C=O) groups is 1. The molecule has 126 valence electrons. The largest absolute Gasteiger partial charge is 0.495 e. The number of amides is 1. The van der Waals surface area contributed by atoms with Crippen LogP contribution in [0.2, 0.25) is 5.02 Å². The number of carbonyl (C=O) groups excluding carboxylic acids is 1. The van der Waals surface area contributed by atoms with E-state index in [9.17, 15) is 4.79 Å². The fourth-order valence-electron chi connectivity index (χ4n) is 3.63. The molecule has 2 aromatic rings. The summed E-state index contributed by atoms with van der Waals surface area (Å²) in [5.74, 6) is 0.923. The van der Waals surface area contributed by atoms with Crippen LogP contribution < -0.4 is 9.64 Å². The van der Waals surface area contributed by atoms with Gasteiger partial charge >= 0.3 is 0 Å². The first-order chi connectivity index (χ1) is 11.4. The molecule has 0 bridgehead atoms. The second-order valence-corrected chi connectivity index (χ2v) is 7.34. The van der Waals surface area contributed by atoms with Gasteiger partial charge in [0.1, 0.15) is 5.75 Å². The summed E-state index contributed by atoms with van der Waals surface area (Å²) in [5, 5.41) is 0.583. The van der Waals surface area contributed by atoms with E-state index < -0.39 is 0 Å². The quantitative estimate of drug-likeness (QED) is 0.801. The van der Waals surface area contributed by atoms with Crippen LogP contribution in [-0.2, 0) is 4.79 Å². The minimum atomic E-state index is -0.0570. The van der Waals surface area contributed by atoms with Gasteiger partial charge in [-0.3, -0.25) is 4.79 Å². The van der Waals surface area contributed by atoms with E-state index in [2.05, 4.69) is 26.0 Å². The number of hydrogen-bond donors (Lipinski definition) is 0. The Morgan fingerprint density at radius 3 is 2.46 bits per heavy atom. The molecule has 1 fully saturated rings. The molecule has 1 saturated carbocycles. The minimum absolute atomic E-state index is 0.0476. The van der Waals surface area contributed by atoms with Crippen molar-refractivity contribution in [3.8, 4) is 5.75 Å². The first-order valence-electron chi connectivity index (χ1n) is 8.04. The van der Waals surface area contributed by atoms with E-state index in [0.717, 1.165) is 0 Å². The summed E-state index contributed by atoms with van der Waals surface area (Å²) in [7, 11) is 3.38. The first kappa shape index (κ1) is 16.8. The molecule has 0 heterocycles. The smallest absolute Gasteiger partial charge is 0.231 e. The van der Waals surface area contributed by atoms with Crippen molar-refractivity contribution < 1.29 is 9.53 Å². The van der Waals surface area contributed by atoms with Crippen molar-refractivity contribution in [2.24, 2.45) is 11.3 Å². The number of nitrogens with zero attached hydrogens (tertiary/aromatic N) is 1. The molecule has 0 aliphatic heterocycles. The molecule has 1 aliphatic rings. The number of halogens is 1. The number of ether oxygens (including phenoxy) is 1. The van der Waals surface area contributed by atoms with E-state index in [-0.39, 0.29) is 23.2 Å². The lowest BCUT2D eigenvalue weighted by Crippen LogP contribution is -2.29. The summed E-state index contributed by atoms with van der Waals surface area (Å²) in [6.07, 6.45) is 0. The maximum Gasteiger partial charge on any atom is 0.231 e. The van der Waals surface area contributed by atoms with Gasteiger partial charge in [-0.2, -0.15) is 0 Å². The van der Waals surface area contributed by atoms with Gasteiger partial charge in [0.2, 0.25) is 5.91 Å². The number of anilines is 1. The molecule has 0 saturated heterocycles. The zero-order valence-electron chi connectivity index (χ0n) is 14.4. The number of hydrogen-bond acceptors (Lipinski definition) is 2. The molecular weight excluding hydrogens is 322 g/mol. The molecule has 0 N–H and O–H groups in total. The lowest BCUT2D eigenvalue weighted by Gasteiger charge is -2.21. The van der Waals surface area contributed by atoms with Crippen LogP contribution >= 0.6 is 11.6 Å². The molecule has 3 nitrogen and oxygen atoms in total. The Bertz CT molecular complexity index is 757. The second kappa shape index (κ2) is 6.14. The molecule has 1 amide bonds. The first-order valence-corrected chi connectivity index (χ1v) is 8.41. The highest BCUT2D eigenvalue weighted by Gasteiger charge is 2.62. The maximum absolute atomic E-state index is 13.1. The van der Waals surface area contributed by atoms with Gasteiger partial charge in [-0.1, -0.05) is 55.8 Å². The lowest BCUT2D eigenvalue weighted by atomic mass is 10.0. The van der Waals surface area contributed by atoms with Gasteiger partial charge in [-0.05, 0) is 29.2 Å². The molecule has 0 spiro atoms. The summed E-state index contributed by atoms with van der Waals surface area (Å²) in [5.41, 5.74) is 1.86. The van der Waals surface area contributed by atoms with E-state index in [0.29, 0.717) is 16.5 Å². The van der Waals surface area contributed by atoms with Crippen molar-refractivity contribution in [1.82, 2.24) is 0 Å². The summed E-state index contributed by atoms with van der Waals surface area (Å²) in [6, 6.07) is 15.6. The number of benzene rings is 2. The van der Waals surface area contributed by atoms with E-state index in [4.69, 9.17) is 16.3 Å². The molecule has 0 radical (unpaired) electrons. The Morgan fingerprint density at radius 2 is 1.83 bits per heavy atom. The molecule has 2 atom stereocenters. The van der Waals surface area contributed by atoms with Gasteiger partial charge in [0.25, 0.3) is 0 Å². The monoisotopic (exact) mass is 343 g/mol. The summed E-state index contributed by atoms with van der Waals surface area (Å²) < 4.78 is 5.38. The highest BCUT2D eigenvalue weighted by atomic mass is 35.5. The zero-order valence-corrected chi connectivity index (χ0v) is 15.2. The molecule has 0 unspecified atom stereocenters. The average Bonchev–Trinajstić information content (AvgIpc) is 3.16. The fraction of sp³-hybridized carbons (Fsp3) is 0.350. The molecule has 0 aromatic heterocycles. The van der Waals surface area contributed by atoms with Gasteiger partial charge in [0.05, 0.1) is 18.7 Å². The summed E-state index contributed by atoms with van der Waals surface area (Å²) >= 11 is 6.10. The minimum Gasteiger partial charge on any atom is -0.495 e. The van der Waals surface area contributed by atoms with Crippen LogP contribution in [0.1, 0.15) is 25.3 Å².